The summed E-state index contributed by atoms with van der Waals surface area (Å²) in [5.41, 5.74) is 1.91. The third kappa shape index (κ3) is 4.39. The molecule has 1 unspecified atom stereocenters. The molecule has 8 nitrogen and oxygen atoms in total. The molecule has 32 heavy (non-hydrogen) atoms. The molecule has 8 heteroatoms. The van der Waals surface area contributed by atoms with Crippen molar-refractivity contribution in [3.63, 3.8) is 0 Å². The monoisotopic (exact) mass is 437 g/mol. The van der Waals surface area contributed by atoms with Crippen LogP contribution >= 0.6 is 0 Å². The maximum absolute atomic E-state index is 12.8. The van der Waals surface area contributed by atoms with Gasteiger partial charge in [0.25, 0.3) is 0 Å². The van der Waals surface area contributed by atoms with Gasteiger partial charge >= 0.3 is 5.76 Å². The van der Waals surface area contributed by atoms with Crippen molar-refractivity contribution in [3.05, 3.63) is 64.6 Å². The normalized spacial score (nSPS) is 15.5. The van der Waals surface area contributed by atoms with Crippen molar-refractivity contribution in [1.29, 1.82) is 0 Å². The van der Waals surface area contributed by atoms with Crippen molar-refractivity contribution in [1.82, 2.24) is 14.8 Å². The first-order valence-electron chi connectivity index (χ1n) is 10.8. The summed E-state index contributed by atoms with van der Waals surface area (Å²) in [4.78, 5) is 39.6. The number of oxazole rings is 1. The molecule has 1 atom stereocenters. The van der Waals surface area contributed by atoms with E-state index in [0.29, 0.717) is 42.8 Å². The molecule has 0 spiro atoms. The number of carbonyl (C=O) groups excluding carboxylic acids is 2. The van der Waals surface area contributed by atoms with Crippen molar-refractivity contribution < 1.29 is 18.7 Å². The zero-order chi connectivity index (χ0) is 22.7. The molecule has 4 rings (SSSR count). The van der Waals surface area contributed by atoms with Gasteiger partial charge in [0, 0.05) is 24.7 Å². The standard InChI is InChI=1S/C24H27N3O5/c1-16(27-19-8-4-6-10-21(19)32-24(27)30)23(29)25-18-11-13-26(14-12-18)22(28)15-17-7-3-5-9-20(17)31-2/h3-10,16,18H,11-15H2,1-2H3,(H,25,29). The molecule has 0 saturated carbocycles. The predicted octanol–water partition coefficient (Wildman–Crippen LogP) is 2.51. The van der Waals surface area contributed by atoms with Gasteiger partial charge in [-0.1, -0.05) is 30.3 Å². The van der Waals surface area contributed by atoms with Gasteiger partial charge in [0.1, 0.15) is 11.8 Å². The van der Waals surface area contributed by atoms with Gasteiger partial charge in [-0.15, -0.1) is 0 Å². The molecule has 1 N–H and O–H groups in total. The van der Waals surface area contributed by atoms with Crippen LogP contribution in [0, 0.1) is 0 Å². The number of benzene rings is 2. The number of nitrogens with zero attached hydrogens (tertiary/aromatic N) is 2. The molecule has 1 saturated heterocycles. The lowest BCUT2D eigenvalue weighted by atomic mass is 10.0. The van der Waals surface area contributed by atoms with E-state index in [1.165, 1.54) is 4.57 Å². The third-order valence-electron chi connectivity index (χ3n) is 6.01. The maximum atomic E-state index is 12.8. The average Bonchev–Trinajstić information content (AvgIpc) is 3.14. The number of methoxy groups -OCH3 is 1. The number of ether oxygens (including phenoxy) is 1. The Hall–Kier alpha value is -3.55. The molecule has 2 amide bonds. The van der Waals surface area contributed by atoms with Gasteiger partial charge in [-0.25, -0.2) is 4.79 Å². The van der Waals surface area contributed by atoms with Crippen molar-refractivity contribution in [2.24, 2.45) is 0 Å². The van der Waals surface area contributed by atoms with Crippen LogP contribution < -0.4 is 15.8 Å². The van der Waals surface area contributed by atoms with Crippen LogP contribution in [0.3, 0.4) is 0 Å². The van der Waals surface area contributed by atoms with Crippen LogP contribution in [0.2, 0.25) is 0 Å². The number of carbonyl (C=O) groups is 2. The van der Waals surface area contributed by atoms with E-state index in [-0.39, 0.29) is 24.3 Å². The fraction of sp³-hybridized carbons (Fsp3) is 0.375. The molecule has 1 aliphatic rings. The summed E-state index contributed by atoms with van der Waals surface area (Å²) < 4.78 is 11.9. The lowest BCUT2D eigenvalue weighted by Crippen LogP contribution is -2.48. The number of para-hydroxylation sites is 3. The second-order valence-corrected chi connectivity index (χ2v) is 8.03. The number of amides is 2. The number of aromatic nitrogens is 1. The van der Waals surface area contributed by atoms with Crippen LogP contribution in [0.5, 0.6) is 5.75 Å². The minimum atomic E-state index is -0.698. The minimum Gasteiger partial charge on any atom is -0.496 e. The van der Waals surface area contributed by atoms with Crippen molar-refractivity contribution in [3.8, 4) is 5.75 Å². The molecule has 3 aromatic rings. The summed E-state index contributed by atoms with van der Waals surface area (Å²) in [5.74, 6) is -0.0360. The number of hydrogen-bond acceptors (Lipinski definition) is 5. The van der Waals surface area contributed by atoms with Gasteiger partial charge in [0.15, 0.2) is 5.58 Å². The lowest BCUT2D eigenvalue weighted by Gasteiger charge is -2.33. The first-order chi connectivity index (χ1) is 15.5. The Balaban J connectivity index is 1.33. The van der Waals surface area contributed by atoms with E-state index in [9.17, 15) is 14.4 Å². The largest absolute Gasteiger partial charge is 0.496 e. The highest BCUT2D eigenvalue weighted by molar-refractivity contribution is 5.83. The molecular formula is C24H27N3O5. The van der Waals surface area contributed by atoms with E-state index < -0.39 is 11.8 Å². The van der Waals surface area contributed by atoms with Crippen LogP contribution in [0.4, 0.5) is 0 Å². The highest BCUT2D eigenvalue weighted by Gasteiger charge is 2.27. The fourth-order valence-corrected chi connectivity index (χ4v) is 4.19. The fourth-order valence-electron chi connectivity index (χ4n) is 4.19. The van der Waals surface area contributed by atoms with Gasteiger partial charge in [-0.05, 0) is 38.0 Å². The highest BCUT2D eigenvalue weighted by atomic mass is 16.5. The molecule has 0 radical (unpaired) electrons. The molecule has 168 valence electrons. The number of fused-ring (bicyclic) bond motifs is 1. The van der Waals surface area contributed by atoms with Gasteiger partial charge < -0.3 is 19.4 Å². The summed E-state index contributed by atoms with van der Waals surface area (Å²) in [5, 5.41) is 3.03. The Morgan fingerprint density at radius 2 is 1.81 bits per heavy atom. The summed E-state index contributed by atoms with van der Waals surface area (Å²) in [7, 11) is 1.60. The van der Waals surface area contributed by atoms with E-state index in [2.05, 4.69) is 5.32 Å². The maximum Gasteiger partial charge on any atom is 0.420 e. The van der Waals surface area contributed by atoms with Crippen molar-refractivity contribution >= 4 is 22.9 Å². The predicted molar refractivity (Wildman–Crippen MR) is 120 cm³/mol. The zero-order valence-corrected chi connectivity index (χ0v) is 18.2. The van der Waals surface area contributed by atoms with Gasteiger partial charge in [-0.2, -0.15) is 0 Å². The number of piperidine rings is 1. The summed E-state index contributed by atoms with van der Waals surface area (Å²) in [6, 6.07) is 13.8. The molecule has 2 aromatic carbocycles. The van der Waals surface area contributed by atoms with Crippen molar-refractivity contribution in [2.75, 3.05) is 20.2 Å². The molecule has 1 aliphatic heterocycles. The second kappa shape index (κ2) is 9.30. The Morgan fingerprint density at radius 1 is 1.12 bits per heavy atom. The van der Waals surface area contributed by atoms with Gasteiger partial charge in [0.05, 0.1) is 19.0 Å². The highest BCUT2D eigenvalue weighted by Crippen LogP contribution is 2.21. The smallest absolute Gasteiger partial charge is 0.420 e. The van der Waals surface area contributed by atoms with Crippen LogP contribution in [-0.4, -0.2) is 47.5 Å². The van der Waals surface area contributed by atoms with E-state index in [1.807, 2.05) is 29.2 Å². The number of hydrogen-bond donors (Lipinski definition) is 1. The zero-order valence-electron chi connectivity index (χ0n) is 18.2. The summed E-state index contributed by atoms with van der Waals surface area (Å²) >= 11 is 0. The van der Waals surface area contributed by atoms with Crippen LogP contribution in [0.1, 0.15) is 31.4 Å². The van der Waals surface area contributed by atoms with Crippen LogP contribution in [-0.2, 0) is 16.0 Å². The first kappa shape index (κ1) is 21.7. The number of nitrogens with one attached hydrogen (secondary N) is 1. The summed E-state index contributed by atoms with van der Waals surface area (Å²) in [6.07, 6.45) is 1.61. The average molecular weight is 437 g/mol. The first-order valence-corrected chi connectivity index (χ1v) is 10.8. The van der Waals surface area contributed by atoms with Crippen LogP contribution in [0.15, 0.2) is 57.7 Å². The van der Waals surface area contributed by atoms with E-state index in [1.54, 1.807) is 38.3 Å². The molecule has 0 aliphatic carbocycles. The Labute approximate surface area is 185 Å². The summed E-state index contributed by atoms with van der Waals surface area (Å²) in [6.45, 7) is 2.83. The topological polar surface area (TPSA) is 93.8 Å². The second-order valence-electron chi connectivity index (χ2n) is 8.03. The molecule has 1 fully saturated rings. The Kier molecular flexibility index (Phi) is 6.30. The van der Waals surface area contributed by atoms with Gasteiger partial charge in [0.2, 0.25) is 11.8 Å². The Bertz CT molecular complexity index is 1170. The molecule has 0 bridgehead atoms. The Morgan fingerprint density at radius 3 is 2.56 bits per heavy atom. The van der Waals surface area contributed by atoms with Gasteiger partial charge in [-0.3, -0.25) is 14.2 Å². The van der Waals surface area contributed by atoms with E-state index >= 15 is 0 Å². The van der Waals surface area contributed by atoms with E-state index in [0.717, 1.165) is 5.56 Å². The van der Waals surface area contributed by atoms with Crippen molar-refractivity contribution in [2.45, 2.75) is 38.3 Å². The third-order valence-corrected chi connectivity index (χ3v) is 6.01. The molecule has 2 heterocycles. The van der Waals surface area contributed by atoms with Crippen LogP contribution in [0.25, 0.3) is 11.1 Å². The number of rotatable bonds is 6. The molecule has 1 aromatic heterocycles. The quantitative estimate of drug-likeness (QED) is 0.640. The minimum absolute atomic E-state index is 0.0454. The lowest BCUT2D eigenvalue weighted by molar-refractivity contribution is -0.131. The number of likely N-dealkylation sites (tertiary alicyclic amines) is 1. The van der Waals surface area contributed by atoms with E-state index in [4.69, 9.17) is 9.15 Å². The SMILES string of the molecule is COc1ccccc1CC(=O)N1CCC(NC(=O)C(C)n2c(=O)oc3ccccc32)CC1. The molecular weight excluding hydrogens is 410 g/mol.